The second kappa shape index (κ2) is 7.33. The van der Waals surface area contributed by atoms with Crippen LogP contribution in [0.4, 0.5) is 10.1 Å². The number of amidine groups is 1. The van der Waals surface area contributed by atoms with E-state index in [2.05, 4.69) is 4.99 Å². The zero-order valence-corrected chi connectivity index (χ0v) is 16.8. The zero-order valence-electron chi connectivity index (χ0n) is 15.2. The van der Waals surface area contributed by atoms with Crippen molar-refractivity contribution in [3.05, 3.63) is 65.5 Å². The summed E-state index contributed by atoms with van der Waals surface area (Å²) < 4.78 is 37.4. The summed E-state index contributed by atoms with van der Waals surface area (Å²) in [6, 6.07) is 12.9. The third kappa shape index (κ3) is 3.84. The molecule has 0 bridgehead atoms. The smallest absolute Gasteiger partial charge is 0.164 e. The number of fused-ring (bicyclic) bond motifs is 1. The fraction of sp³-hybridized carbons (Fsp3) is 0.300. The number of benzene rings is 2. The van der Waals surface area contributed by atoms with Gasteiger partial charge in [-0.05, 0) is 36.8 Å². The van der Waals surface area contributed by atoms with Crippen molar-refractivity contribution in [3.8, 4) is 0 Å². The molecule has 4 rings (SSSR count). The van der Waals surface area contributed by atoms with Crippen LogP contribution in [0.25, 0.3) is 0 Å². The minimum atomic E-state index is -3.13. The topological polar surface area (TPSA) is 66.8 Å². The van der Waals surface area contributed by atoms with E-state index in [-0.39, 0.29) is 35.2 Å². The minimum absolute atomic E-state index is 0.0428. The third-order valence-corrected chi connectivity index (χ3v) is 7.66. The predicted molar refractivity (Wildman–Crippen MR) is 110 cm³/mol. The van der Waals surface area contributed by atoms with Crippen LogP contribution < -0.4 is 4.90 Å². The lowest BCUT2D eigenvalue weighted by atomic mass is 10.1. The molecule has 0 saturated carbocycles. The van der Waals surface area contributed by atoms with Gasteiger partial charge in [-0.2, -0.15) is 0 Å². The van der Waals surface area contributed by atoms with E-state index in [0.717, 1.165) is 16.4 Å². The van der Waals surface area contributed by atoms with E-state index in [0.29, 0.717) is 11.3 Å². The molecule has 0 unspecified atom stereocenters. The molecule has 0 radical (unpaired) electrons. The van der Waals surface area contributed by atoms with Gasteiger partial charge in [-0.1, -0.05) is 36.0 Å². The molecule has 5 nitrogen and oxygen atoms in total. The Morgan fingerprint density at radius 3 is 2.68 bits per heavy atom. The molecule has 2 aromatic rings. The standard InChI is InChI=1S/C20H19FN2O3S2/c1-13(24)15-3-2-4-17(9-15)23-19-12-28(25,26)11-18(19)22-20(23)27-10-14-5-7-16(21)8-6-14/h2-9,18-19H,10-12H2,1H3/t18-,19-/m0/s1. The molecule has 2 aromatic carbocycles. The highest BCUT2D eigenvalue weighted by Gasteiger charge is 2.47. The van der Waals surface area contributed by atoms with Crippen molar-refractivity contribution in [2.75, 3.05) is 16.4 Å². The monoisotopic (exact) mass is 418 g/mol. The molecule has 2 aliphatic rings. The summed E-state index contributed by atoms with van der Waals surface area (Å²) in [5.41, 5.74) is 2.29. The number of hydrogen-bond acceptors (Lipinski definition) is 6. The summed E-state index contributed by atoms with van der Waals surface area (Å²) in [5.74, 6) is 0.352. The van der Waals surface area contributed by atoms with Crippen molar-refractivity contribution >= 4 is 38.2 Å². The van der Waals surface area contributed by atoms with Gasteiger partial charge < -0.3 is 4.90 Å². The molecule has 2 heterocycles. The first-order valence-electron chi connectivity index (χ1n) is 8.88. The number of thioether (sulfide) groups is 1. The van der Waals surface area contributed by atoms with Gasteiger partial charge in [0.15, 0.2) is 20.8 Å². The summed E-state index contributed by atoms with van der Waals surface area (Å²) >= 11 is 1.49. The van der Waals surface area contributed by atoms with E-state index in [4.69, 9.17) is 0 Å². The number of aliphatic imine (C=N–C) groups is 1. The molecular weight excluding hydrogens is 399 g/mol. The minimum Gasteiger partial charge on any atom is -0.315 e. The lowest BCUT2D eigenvalue weighted by Crippen LogP contribution is -2.39. The third-order valence-electron chi connectivity index (χ3n) is 4.92. The highest BCUT2D eigenvalue weighted by molar-refractivity contribution is 8.13. The Balaban J connectivity index is 1.64. The largest absolute Gasteiger partial charge is 0.315 e. The first kappa shape index (κ1) is 19.1. The van der Waals surface area contributed by atoms with Crippen molar-refractivity contribution in [2.24, 2.45) is 4.99 Å². The van der Waals surface area contributed by atoms with Crippen LogP contribution in [0.3, 0.4) is 0 Å². The molecule has 0 aromatic heterocycles. The molecule has 8 heteroatoms. The fourth-order valence-electron chi connectivity index (χ4n) is 3.54. The number of rotatable bonds is 4. The number of hydrogen-bond donors (Lipinski definition) is 0. The quantitative estimate of drug-likeness (QED) is 0.713. The molecule has 1 saturated heterocycles. The Hall–Kier alpha value is -2.19. The van der Waals surface area contributed by atoms with Crippen LogP contribution in [0, 0.1) is 5.82 Å². The average molecular weight is 419 g/mol. The number of Topliss-reactive ketones (excluding diaryl/α,β-unsaturated/α-hetero) is 1. The van der Waals surface area contributed by atoms with E-state index in [1.165, 1.54) is 30.8 Å². The molecule has 0 aliphatic carbocycles. The van der Waals surface area contributed by atoms with Gasteiger partial charge in [-0.25, -0.2) is 12.8 Å². The van der Waals surface area contributed by atoms with Gasteiger partial charge in [0.25, 0.3) is 0 Å². The summed E-state index contributed by atoms with van der Waals surface area (Å²) in [5, 5.41) is 0.731. The number of anilines is 1. The molecule has 0 amide bonds. The van der Waals surface area contributed by atoms with Crippen LogP contribution in [0.2, 0.25) is 0 Å². The van der Waals surface area contributed by atoms with Gasteiger partial charge in [0.2, 0.25) is 0 Å². The van der Waals surface area contributed by atoms with Gasteiger partial charge in [0.1, 0.15) is 5.82 Å². The predicted octanol–water partition coefficient (Wildman–Crippen LogP) is 3.30. The van der Waals surface area contributed by atoms with Gasteiger partial charge in [0.05, 0.1) is 23.6 Å². The second-order valence-electron chi connectivity index (χ2n) is 7.01. The lowest BCUT2D eigenvalue weighted by Gasteiger charge is -2.26. The molecule has 28 heavy (non-hydrogen) atoms. The number of nitrogens with zero attached hydrogens (tertiary/aromatic N) is 2. The van der Waals surface area contributed by atoms with Gasteiger partial charge in [0, 0.05) is 17.0 Å². The Labute approximate surface area is 167 Å². The Bertz CT molecular complexity index is 1050. The van der Waals surface area contributed by atoms with Crippen LogP contribution in [0.15, 0.2) is 53.5 Å². The highest BCUT2D eigenvalue weighted by atomic mass is 32.2. The summed E-state index contributed by atoms with van der Waals surface area (Å²) in [7, 11) is -3.13. The molecule has 0 spiro atoms. The number of carbonyl (C=O) groups excluding carboxylic acids is 1. The highest BCUT2D eigenvalue weighted by Crippen LogP contribution is 2.36. The van der Waals surface area contributed by atoms with Crippen LogP contribution >= 0.6 is 11.8 Å². The van der Waals surface area contributed by atoms with Crippen LogP contribution in [0.5, 0.6) is 0 Å². The SMILES string of the molecule is CC(=O)c1cccc(N2C(SCc3ccc(F)cc3)=N[C@H]3CS(=O)(=O)C[C@@H]32)c1. The summed E-state index contributed by atoms with van der Waals surface area (Å²) in [6.45, 7) is 1.50. The van der Waals surface area contributed by atoms with Gasteiger partial charge in [-0.3, -0.25) is 9.79 Å². The number of carbonyl (C=O) groups is 1. The van der Waals surface area contributed by atoms with Crippen molar-refractivity contribution in [2.45, 2.75) is 24.8 Å². The van der Waals surface area contributed by atoms with E-state index in [1.54, 1.807) is 30.3 Å². The molecule has 0 N–H and O–H groups in total. The van der Waals surface area contributed by atoms with E-state index in [1.807, 2.05) is 11.0 Å². The number of halogens is 1. The van der Waals surface area contributed by atoms with Gasteiger partial charge in [-0.15, -0.1) is 0 Å². The van der Waals surface area contributed by atoms with Crippen molar-refractivity contribution < 1.29 is 17.6 Å². The lowest BCUT2D eigenvalue weighted by molar-refractivity contribution is 0.101. The van der Waals surface area contributed by atoms with E-state index >= 15 is 0 Å². The zero-order chi connectivity index (χ0) is 19.9. The van der Waals surface area contributed by atoms with Crippen LogP contribution in [0.1, 0.15) is 22.8 Å². The van der Waals surface area contributed by atoms with Crippen molar-refractivity contribution in [1.29, 1.82) is 0 Å². The normalized spacial score (nSPS) is 22.8. The van der Waals surface area contributed by atoms with Gasteiger partial charge >= 0.3 is 0 Å². The maximum Gasteiger partial charge on any atom is 0.164 e. The van der Waals surface area contributed by atoms with Crippen LogP contribution in [-0.2, 0) is 15.6 Å². The summed E-state index contributed by atoms with van der Waals surface area (Å²) in [4.78, 5) is 18.4. The fourth-order valence-corrected chi connectivity index (χ4v) is 6.46. The van der Waals surface area contributed by atoms with Crippen LogP contribution in [-0.4, -0.2) is 43.0 Å². The molecule has 146 valence electrons. The maximum atomic E-state index is 13.1. The van der Waals surface area contributed by atoms with E-state index in [9.17, 15) is 17.6 Å². The molecule has 1 fully saturated rings. The number of sulfone groups is 1. The number of ketones is 1. The second-order valence-corrected chi connectivity index (χ2v) is 10.1. The average Bonchev–Trinajstić information content (AvgIpc) is 3.12. The first-order chi connectivity index (χ1) is 13.3. The Kier molecular flexibility index (Phi) is 5.01. The molecular formula is C20H19FN2O3S2. The molecule has 2 aliphatic heterocycles. The summed E-state index contributed by atoms with van der Waals surface area (Å²) in [6.07, 6.45) is 0. The first-order valence-corrected chi connectivity index (χ1v) is 11.7. The van der Waals surface area contributed by atoms with Crippen molar-refractivity contribution in [3.63, 3.8) is 0 Å². The van der Waals surface area contributed by atoms with Crippen molar-refractivity contribution in [1.82, 2.24) is 0 Å². The maximum absolute atomic E-state index is 13.1. The Morgan fingerprint density at radius 2 is 1.96 bits per heavy atom. The van der Waals surface area contributed by atoms with E-state index < -0.39 is 9.84 Å². The molecule has 2 atom stereocenters. The Morgan fingerprint density at radius 1 is 1.21 bits per heavy atom.